The Morgan fingerprint density at radius 1 is 1.16 bits per heavy atom. The van der Waals surface area contributed by atoms with Gasteiger partial charge in [-0.2, -0.15) is 4.98 Å². The zero-order valence-corrected chi connectivity index (χ0v) is 22.5. The summed E-state index contributed by atoms with van der Waals surface area (Å²) in [5.74, 6) is 1.14. The Labute approximate surface area is 225 Å². The van der Waals surface area contributed by atoms with Crippen molar-refractivity contribution >= 4 is 23.6 Å². The van der Waals surface area contributed by atoms with Crippen LogP contribution in [-0.2, 0) is 35.4 Å². The van der Waals surface area contributed by atoms with Crippen molar-refractivity contribution in [3.63, 3.8) is 0 Å². The summed E-state index contributed by atoms with van der Waals surface area (Å²) >= 11 is 6.06. The number of aryl methyl sites for hydroxylation is 2. The molecular weight excluding hydrogens is 508 g/mol. The first-order valence-corrected chi connectivity index (χ1v) is 13.1. The van der Waals surface area contributed by atoms with Crippen LogP contribution in [0.1, 0.15) is 49.8 Å². The molecule has 3 heterocycles. The van der Waals surface area contributed by atoms with Gasteiger partial charge in [-0.05, 0) is 68.2 Å². The summed E-state index contributed by atoms with van der Waals surface area (Å²) in [6.07, 6.45) is 7.76. The van der Waals surface area contributed by atoms with E-state index in [4.69, 9.17) is 25.5 Å². The van der Waals surface area contributed by atoms with Gasteiger partial charge in [-0.3, -0.25) is 4.57 Å². The van der Waals surface area contributed by atoms with Crippen molar-refractivity contribution in [1.82, 2.24) is 14.1 Å². The molecule has 0 unspecified atom stereocenters. The fourth-order valence-corrected chi connectivity index (χ4v) is 4.73. The van der Waals surface area contributed by atoms with Crippen molar-refractivity contribution in [2.24, 2.45) is 0 Å². The van der Waals surface area contributed by atoms with Crippen molar-refractivity contribution in [2.45, 2.75) is 65.0 Å². The van der Waals surface area contributed by atoms with Crippen LogP contribution in [0.3, 0.4) is 0 Å². The summed E-state index contributed by atoms with van der Waals surface area (Å²) in [6, 6.07) is 9.29. The summed E-state index contributed by atoms with van der Waals surface area (Å²) in [6.45, 7) is 6.16. The van der Waals surface area contributed by atoms with E-state index in [0.717, 1.165) is 46.5 Å². The largest absolute Gasteiger partial charge is 0.461 e. The second kappa shape index (κ2) is 10.8. The van der Waals surface area contributed by atoms with Crippen LogP contribution in [0, 0.1) is 0 Å². The Morgan fingerprint density at radius 2 is 1.95 bits per heavy atom. The van der Waals surface area contributed by atoms with E-state index in [1.807, 2.05) is 30.4 Å². The van der Waals surface area contributed by atoms with E-state index in [1.54, 1.807) is 26.0 Å². The number of hydrogen-bond acceptors (Lipinski definition) is 7. The second-order valence-electron chi connectivity index (χ2n) is 9.89. The number of benzene rings is 1. The number of nitrogens with zero attached hydrogens (tertiary/aromatic N) is 3. The maximum Gasteiger partial charge on any atom is 0.355 e. The zero-order chi connectivity index (χ0) is 26.9. The molecule has 3 aromatic rings. The number of ether oxygens (including phenoxy) is 2. The van der Waals surface area contributed by atoms with Gasteiger partial charge < -0.3 is 19.2 Å². The number of anilines is 1. The first-order chi connectivity index (χ1) is 18.2. The van der Waals surface area contributed by atoms with Gasteiger partial charge in [0.2, 0.25) is 5.95 Å². The topological polar surface area (TPSA) is 101 Å². The fraction of sp³-hybridized carbons (Fsp3) is 0.393. The standard InChI is InChI=1S/C28H31ClN4O5/c1-4-22-14-19-6-5-7-21(12-13-24(19)37-22)30-25-31-26(34)33(16-23-17-36-28(2,3)38-23)27(35)32(25)15-18-8-10-20(29)11-9-18/h7-14,23H,4-6,15-17H2,1-3H3,(H,30,31,34)/b13-12-,21-7?/t23-/m0/s1. The molecule has 1 N–H and O–H groups in total. The molecule has 9 nitrogen and oxygen atoms in total. The highest BCUT2D eigenvalue weighted by atomic mass is 35.5. The van der Waals surface area contributed by atoms with Gasteiger partial charge in [-0.1, -0.05) is 36.7 Å². The Kier molecular flexibility index (Phi) is 7.43. The Bertz CT molecular complexity index is 1500. The van der Waals surface area contributed by atoms with Crippen molar-refractivity contribution in [3.05, 3.63) is 96.8 Å². The number of fused-ring (bicyclic) bond motifs is 1. The molecule has 2 aromatic heterocycles. The van der Waals surface area contributed by atoms with Crippen LogP contribution in [0.15, 0.2) is 62.2 Å². The van der Waals surface area contributed by atoms with Crippen molar-refractivity contribution < 1.29 is 13.9 Å². The lowest BCUT2D eigenvalue weighted by Gasteiger charge is -2.19. The highest BCUT2D eigenvalue weighted by Gasteiger charge is 2.33. The fourth-order valence-electron chi connectivity index (χ4n) is 4.60. The average Bonchev–Trinajstić information content (AvgIpc) is 3.43. The van der Waals surface area contributed by atoms with Crippen molar-refractivity contribution in [2.75, 3.05) is 11.9 Å². The molecule has 1 fully saturated rings. The van der Waals surface area contributed by atoms with Crippen LogP contribution in [0.25, 0.3) is 6.08 Å². The van der Waals surface area contributed by atoms with Crippen LogP contribution < -0.4 is 16.7 Å². The maximum atomic E-state index is 13.7. The summed E-state index contributed by atoms with van der Waals surface area (Å²) in [5, 5.41) is 3.80. The zero-order valence-electron chi connectivity index (χ0n) is 21.7. The van der Waals surface area contributed by atoms with E-state index in [9.17, 15) is 9.59 Å². The molecule has 1 aliphatic carbocycles. The van der Waals surface area contributed by atoms with E-state index in [0.29, 0.717) is 10.7 Å². The second-order valence-corrected chi connectivity index (χ2v) is 10.3. The van der Waals surface area contributed by atoms with Gasteiger partial charge in [0, 0.05) is 17.1 Å². The lowest BCUT2D eigenvalue weighted by Crippen LogP contribution is -2.45. The number of furan rings is 1. The molecule has 10 heteroatoms. The highest BCUT2D eigenvalue weighted by molar-refractivity contribution is 6.30. The molecule has 1 aromatic carbocycles. The molecule has 1 atom stereocenters. The molecule has 1 aliphatic heterocycles. The smallest absolute Gasteiger partial charge is 0.355 e. The third-order valence-electron chi connectivity index (χ3n) is 6.55. The van der Waals surface area contributed by atoms with Gasteiger partial charge >= 0.3 is 11.4 Å². The lowest BCUT2D eigenvalue weighted by molar-refractivity contribution is -0.139. The predicted octanol–water partition coefficient (Wildman–Crippen LogP) is 4.37. The predicted molar refractivity (Wildman–Crippen MR) is 145 cm³/mol. The molecule has 0 amide bonds. The van der Waals surface area contributed by atoms with E-state index in [-0.39, 0.29) is 25.6 Å². The summed E-state index contributed by atoms with van der Waals surface area (Å²) < 4.78 is 19.9. The van der Waals surface area contributed by atoms with E-state index in [2.05, 4.69) is 23.3 Å². The Balaban J connectivity index is 1.48. The molecule has 200 valence electrons. The van der Waals surface area contributed by atoms with Crippen molar-refractivity contribution in [1.29, 1.82) is 0 Å². The molecular formula is C28H31ClN4O5. The normalized spacial score (nSPS) is 19.4. The van der Waals surface area contributed by atoms with Crippen molar-refractivity contribution in [3.8, 4) is 0 Å². The minimum atomic E-state index is -0.770. The number of rotatable bonds is 7. The molecule has 5 rings (SSSR count). The molecule has 38 heavy (non-hydrogen) atoms. The van der Waals surface area contributed by atoms with Gasteiger partial charge in [0.1, 0.15) is 17.6 Å². The molecule has 0 spiro atoms. The molecule has 0 bridgehead atoms. The SMILES string of the molecule is CCc1cc2c(o1)/C=C\C(Nc1nc(=O)n(C[C@H]3COC(C)(C)O3)c(=O)n1Cc1ccc(Cl)cc1)=CCC2. The third kappa shape index (κ3) is 5.85. The van der Waals surface area contributed by atoms with Gasteiger partial charge in [-0.25, -0.2) is 14.2 Å². The molecule has 2 aliphatic rings. The lowest BCUT2D eigenvalue weighted by atomic mass is 10.1. The molecule has 0 saturated carbocycles. The third-order valence-corrected chi connectivity index (χ3v) is 6.80. The van der Waals surface area contributed by atoms with E-state index in [1.165, 1.54) is 4.57 Å². The maximum absolute atomic E-state index is 13.7. The van der Waals surface area contributed by atoms with Crippen LogP contribution in [0.2, 0.25) is 5.02 Å². The minimum Gasteiger partial charge on any atom is -0.461 e. The van der Waals surface area contributed by atoms with Gasteiger partial charge in [0.15, 0.2) is 5.79 Å². The van der Waals surface area contributed by atoms with E-state index < -0.39 is 23.3 Å². The average molecular weight is 539 g/mol. The number of allylic oxidation sites excluding steroid dienone is 2. The minimum absolute atomic E-state index is 0.0403. The first-order valence-electron chi connectivity index (χ1n) is 12.8. The van der Waals surface area contributed by atoms with Gasteiger partial charge in [0.25, 0.3) is 0 Å². The van der Waals surface area contributed by atoms with E-state index >= 15 is 0 Å². The summed E-state index contributed by atoms with van der Waals surface area (Å²) in [5.41, 5.74) is 1.56. The summed E-state index contributed by atoms with van der Waals surface area (Å²) in [4.78, 5) is 31.0. The number of aromatic nitrogens is 3. The number of halogens is 1. The Hall–Kier alpha value is -3.40. The quantitative estimate of drug-likeness (QED) is 0.476. The first kappa shape index (κ1) is 26.2. The van der Waals surface area contributed by atoms with Crippen LogP contribution in [0.4, 0.5) is 5.95 Å². The highest BCUT2D eigenvalue weighted by Crippen LogP contribution is 2.24. The number of nitrogens with one attached hydrogen (secondary N) is 1. The van der Waals surface area contributed by atoms with Gasteiger partial charge in [0.05, 0.1) is 19.7 Å². The number of hydrogen-bond donors (Lipinski definition) is 1. The van der Waals surface area contributed by atoms with Crippen LogP contribution in [-0.4, -0.2) is 32.6 Å². The molecule has 1 saturated heterocycles. The van der Waals surface area contributed by atoms with Crippen LogP contribution >= 0.6 is 11.6 Å². The van der Waals surface area contributed by atoms with Gasteiger partial charge in [-0.15, -0.1) is 0 Å². The monoisotopic (exact) mass is 538 g/mol. The Morgan fingerprint density at radius 3 is 2.66 bits per heavy atom. The summed E-state index contributed by atoms with van der Waals surface area (Å²) in [7, 11) is 0. The molecule has 0 radical (unpaired) electrons. The van der Waals surface area contributed by atoms with Crippen LogP contribution in [0.5, 0.6) is 0 Å².